The number of aryl methyl sites for hydroxylation is 2. The minimum atomic E-state index is 0.908. The Morgan fingerprint density at radius 2 is 2.00 bits per heavy atom. The largest absolute Gasteiger partial charge is 0.328 e. The molecule has 0 N–H and O–H groups in total. The molecule has 0 bridgehead atoms. The number of pyridine rings is 1. The first-order valence-electron chi connectivity index (χ1n) is 5.12. The fraction of sp³-hybridized carbons (Fsp3) is 0.250. The van der Waals surface area contributed by atoms with Gasteiger partial charge in [0, 0.05) is 25.0 Å². The van der Waals surface area contributed by atoms with E-state index in [1.54, 1.807) is 12.5 Å². The Balaban J connectivity index is 2.44. The highest BCUT2D eigenvalue weighted by Crippen LogP contribution is 2.25. The van der Waals surface area contributed by atoms with Crippen LogP contribution in [-0.4, -0.2) is 22.0 Å². The molecule has 0 aliphatic rings. The van der Waals surface area contributed by atoms with E-state index in [0.717, 1.165) is 22.8 Å². The summed E-state index contributed by atoms with van der Waals surface area (Å²) >= 11 is 0. The minimum Gasteiger partial charge on any atom is -0.328 e. The number of hydrogen-bond acceptors (Lipinski definition) is 4. The van der Waals surface area contributed by atoms with E-state index in [0.29, 0.717) is 0 Å². The highest BCUT2D eigenvalue weighted by atomic mass is 15.2. The first-order chi connectivity index (χ1) is 7.70. The fourth-order valence-electron chi connectivity index (χ4n) is 1.69. The van der Waals surface area contributed by atoms with Gasteiger partial charge in [-0.05, 0) is 26.0 Å². The van der Waals surface area contributed by atoms with Gasteiger partial charge in [0.2, 0.25) is 0 Å². The van der Waals surface area contributed by atoms with Crippen molar-refractivity contribution in [1.29, 1.82) is 0 Å². The van der Waals surface area contributed by atoms with Gasteiger partial charge in [-0.3, -0.25) is 4.98 Å². The van der Waals surface area contributed by atoms with Crippen molar-refractivity contribution in [3.8, 4) is 0 Å². The van der Waals surface area contributed by atoms with E-state index in [1.165, 1.54) is 0 Å². The maximum Gasteiger partial charge on any atom is 0.139 e. The molecule has 82 valence electrons. The molecule has 0 aromatic carbocycles. The van der Waals surface area contributed by atoms with Gasteiger partial charge in [-0.15, -0.1) is 0 Å². The zero-order valence-corrected chi connectivity index (χ0v) is 9.68. The predicted molar refractivity (Wildman–Crippen MR) is 63.8 cm³/mol. The van der Waals surface area contributed by atoms with Crippen LogP contribution in [0.4, 0.5) is 11.5 Å². The molecule has 0 saturated heterocycles. The summed E-state index contributed by atoms with van der Waals surface area (Å²) in [4.78, 5) is 14.6. The molecule has 2 aromatic rings. The molecule has 16 heavy (non-hydrogen) atoms. The molecule has 0 amide bonds. The zero-order chi connectivity index (χ0) is 11.5. The SMILES string of the molecule is Cc1cncnc1N(C)c1cccnc1C. The van der Waals surface area contributed by atoms with Crippen molar-refractivity contribution in [1.82, 2.24) is 15.0 Å². The van der Waals surface area contributed by atoms with E-state index in [9.17, 15) is 0 Å². The van der Waals surface area contributed by atoms with Gasteiger partial charge in [-0.1, -0.05) is 0 Å². The third-order valence-corrected chi connectivity index (χ3v) is 2.53. The first kappa shape index (κ1) is 10.5. The highest BCUT2D eigenvalue weighted by Gasteiger charge is 2.10. The molecular weight excluding hydrogens is 200 g/mol. The molecule has 0 atom stereocenters. The van der Waals surface area contributed by atoms with Gasteiger partial charge in [0.1, 0.15) is 12.1 Å². The lowest BCUT2D eigenvalue weighted by Crippen LogP contribution is -2.14. The van der Waals surface area contributed by atoms with Crippen molar-refractivity contribution < 1.29 is 0 Å². The van der Waals surface area contributed by atoms with E-state index >= 15 is 0 Å². The molecule has 0 unspecified atom stereocenters. The highest BCUT2D eigenvalue weighted by molar-refractivity contribution is 5.62. The van der Waals surface area contributed by atoms with Crippen LogP contribution in [-0.2, 0) is 0 Å². The Morgan fingerprint density at radius 1 is 1.19 bits per heavy atom. The average molecular weight is 214 g/mol. The molecule has 2 heterocycles. The van der Waals surface area contributed by atoms with E-state index in [-0.39, 0.29) is 0 Å². The monoisotopic (exact) mass is 214 g/mol. The van der Waals surface area contributed by atoms with Crippen molar-refractivity contribution in [2.24, 2.45) is 0 Å². The van der Waals surface area contributed by atoms with Crippen molar-refractivity contribution in [3.63, 3.8) is 0 Å². The van der Waals surface area contributed by atoms with Crippen LogP contribution in [0.25, 0.3) is 0 Å². The summed E-state index contributed by atoms with van der Waals surface area (Å²) in [6.07, 6.45) is 5.16. The quantitative estimate of drug-likeness (QED) is 0.769. The Labute approximate surface area is 95.0 Å². The molecular formula is C12H14N4. The molecule has 4 heteroatoms. The van der Waals surface area contributed by atoms with Crippen LogP contribution < -0.4 is 4.90 Å². The maximum atomic E-state index is 4.28. The van der Waals surface area contributed by atoms with Gasteiger partial charge >= 0.3 is 0 Å². The van der Waals surface area contributed by atoms with E-state index in [2.05, 4.69) is 15.0 Å². The standard InChI is InChI=1S/C12H14N4/c1-9-7-13-8-15-12(9)16(3)11-5-4-6-14-10(11)2/h4-8H,1-3H3. The topological polar surface area (TPSA) is 41.9 Å². The summed E-state index contributed by atoms with van der Waals surface area (Å²) in [5.74, 6) is 0.908. The summed E-state index contributed by atoms with van der Waals surface area (Å²) in [7, 11) is 1.99. The van der Waals surface area contributed by atoms with Crippen LogP contribution in [0.3, 0.4) is 0 Å². The second-order valence-electron chi connectivity index (χ2n) is 3.70. The van der Waals surface area contributed by atoms with Crippen LogP contribution >= 0.6 is 0 Å². The van der Waals surface area contributed by atoms with Gasteiger partial charge in [-0.2, -0.15) is 0 Å². The molecule has 0 radical (unpaired) electrons. The fourth-order valence-corrected chi connectivity index (χ4v) is 1.69. The number of nitrogens with zero attached hydrogens (tertiary/aromatic N) is 4. The molecule has 0 saturated carbocycles. The lowest BCUT2D eigenvalue weighted by molar-refractivity contribution is 1.03. The van der Waals surface area contributed by atoms with Crippen LogP contribution in [0, 0.1) is 13.8 Å². The van der Waals surface area contributed by atoms with Crippen LogP contribution in [0.2, 0.25) is 0 Å². The maximum absolute atomic E-state index is 4.28. The molecule has 2 rings (SSSR count). The van der Waals surface area contributed by atoms with Crippen molar-refractivity contribution >= 4 is 11.5 Å². The lowest BCUT2D eigenvalue weighted by Gasteiger charge is -2.20. The number of aromatic nitrogens is 3. The van der Waals surface area contributed by atoms with E-state index in [1.807, 2.05) is 44.1 Å². The Kier molecular flexibility index (Phi) is 2.81. The second-order valence-corrected chi connectivity index (χ2v) is 3.70. The zero-order valence-electron chi connectivity index (χ0n) is 9.68. The molecule has 2 aromatic heterocycles. The minimum absolute atomic E-state index is 0.908. The lowest BCUT2D eigenvalue weighted by atomic mass is 10.2. The molecule has 0 aliphatic heterocycles. The second kappa shape index (κ2) is 4.26. The van der Waals surface area contributed by atoms with Gasteiger partial charge in [0.05, 0.1) is 11.4 Å². The Morgan fingerprint density at radius 3 is 2.69 bits per heavy atom. The van der Waals surface area contributed by atoms with Crippen molar-refractivity contribution in [2.45, 2.75) is 13.8 Å². The van der Waals surface area contributed by atoms with Crippen LogP contribution in [0.1, 0.15) is 11.3 Å². The summed E-state index contributed by atoms with van der Waals surface area (Å²) in [6.45, 7) is 3.99. The summed E-state index contributed by atoms with van der Waals surface area (Å²) in [5.41, 5.74) is 3.10. The van der Waals surface area contributed by atoms with Crippen LogP contribution in [0.5, 0.6) is 0 Å². The summed E-state index contributed by atoms with van der Waals surface area (Å²) in [5, 5.41) is 0. The normalized spacial score (nSPS) is 10.2. The number of hydrogen-bond donors (Lipinski definition) is 0. The average Bonchev–Trinajstić information content (AvgIpc) is 2.29. The molecule has 0 aliphatic carbocycles. The molecule has 0 spiro atoms. The number of rotatable bonds is 2. The predicted octanol–water partition coefficient (Wildman–Crippen LogP) is 2.26. The molecule has 4 nitrogen and oxygen atoms in total. The van der Waals surface area contributed by atoms with Gasteiger partial charge < -0.3 is 4.90 Å². The first-order valence-corrected chi connectivity index (χ1v) is 5.12. The third-order valence-electron chi connectivity index (χ3n) is 2.53. The number of anilines is 2. The molecule has 0 fully saturated rings. The summed E-state index contributed by atoms with van der Waals surface area (Å²) < 4.78 is 0. The van der Waals surface area contributed by atoms with E-state index < -0.39 is 0 Å². The van der Waals surface area contributed by atoms with Crippen molar-refractivity contribution in [2.75, 3.05) is 11.9 Å². The third kappa shape index (κ3) is 1.86. The van der Waals surface area contributed by atoms with Crippen molar-refractivity contribution in [3.05, 3.63) is 42.1 Å². The smallest absolute Gasteiger partial charge is 0.139 e. The van der Waals surface area contributed by atoms with Crippen LogP contribution in [0.15, 0.2) is 30.9 Å². The Hall–Kier alpha value is -1.97. The van der Waals surface area contributed by atoms with E-state index in [4.69, 9.17) is 0 Å². The Bertz CT molecular complexity index is 450. The van der Waals surface area contributed by atoms with Gasteiger partial charge in [-0.25, -0.2) is 9.97 Å². The summed E-state index contributed by atoms with van der Waals surface area (Å²) in [6, 6.07) is 3.96. The van der Waals surface area contributed by atoms with Gasteiger partial charge in [0.25, 0.3) is 0 Å². The van der Waals surface area contributed by atoms with Gasteiger partial charge in [0.15, 0.2) is 0 Å².